The Hall–Kier alpha value is -1.76. The van der Waals surface area contributed by atoms with Crippen molar-refractivity contribution in [1.82, 2.24) is 10.3 Å². The summed E-state index contributed by atoms with van der Waals surface area (Å²) in [4.78, 5) is 15.9. The molecule has 0 spiro atoms. The van der Waals surface area contributed by atoms with Crippen LogP contribution in [-0.2, 0) is 4.74 Å². The van der Waals surface area contributed by atoms with E-state index in [9.17, 15) is 13.6 Å². The molecule has 1 heterocycles. The van der Waals surface area contributed by atoms with Crippen LogP contribution in [0, 0.1) is 0 Å². The number of nitrogens with one attached hydrogen (secondary N) is 2. The highest BCUT2D eigenvalue weighted by atomic mass is 19.3. The molecule has 0 saturated carbocycles. The van der Waals surface area contributed by atoms with Crippen molar-refractivity contribution in [3.63, 3.8) is 0 Å². The molecule has 2 N–H and O–H groups in total. The van der Waals surface area contributed by atoms with E-state index >= 15 is 0 Å². The summed E-state index contributed by atoms with van der Waals surface area (Å²) in [6, 6.07) is 5.10. The second-order valence-corrected chi connectivity index (χ2v) is 4.06. The molecule has 7 heteroatoms. The van der Waals surface area contributed by atoms with Gasteiger partial charge in [-0.25, -0.2) is 13.8 Å². The lowest BCUT2D eigenvalue weighted by Gasteiger charge is -2.08. The molecule has 0 aliphatic carbocycles. The zero-order valence-electron chi connectivity index (χ0n) is 11.4. The van der Waals surface area contributed by atoms with Crippen molar-refractivity contribution in [2.24, 2.45) is 0 Å². The van der Waals surface area contributed by atoms with Gasteiger partial charge in [0.2, 0.25) is 0 Å². The van der Waals surface area contributed by atoms with Crippen LogP contribution in [0.1, 0.15) is 23.8 Å². The van der Waals surface area contributed by atoms with Gasteiger partial charge in [0.25, 0.3) is 12.3 Å². The molecule has 0 bridgehead atoms. The summed E-state index contributed by atoms with van der Waals surface area (Å²) in [5, 5.41) is 5.64. The highest BCUT2D eigenvalue weighted by molar-refractivity contribution is 5.92. The van der Waals surface area contributed by atoms with E-state index in [1.807, 2.05) is 6.92 Å². The average molecular weight is 287 g/mol. The van der Waals surface area contributed by atoms with Crippen molar-refractivity contribution in [2.45, 2.75) is 19.8 Å². The molecule has 5 nitrogen and oxygen atoms in total. The number of ether oxygens (including phenoxy) is 1. The Bertz CT molecular complexity index is 416. The lowest BCUT2D eigenvalue weighted by Crippen LogP contribution is -2.28. The minimum Gasteiger partial charge on any atom is -0.374 e. The Balaban J connectivity index is 2.35. The third kappa shape index (κ3) is 6.42. The third-order valence-corrected chi connectivity index (χ3v) is 2.31. The fourth-order valence-corrected chi connectivity index (χ4v) is 1.41. The van der Waals surface area contributed by atoms with E-state index in [0.717, 1.165) is 13.0 Å². The van der Waals surface area contributed by atoms with E-state index in [-0.39, 0.29) is 24.8 Å². The molecule has 20 heavy (non-hydrogen) atoms. The first kappa shape index (κ1) is 16.3. The third-order valence-electron chi connectivity index (χ3n) is 2.31. The smallest absolute Gasteiger partial charge is 0.270 e. The van der Waals surface area contributed by atoms with Crippen molar-refractivity contribution in [3.8, 4) is 0 Å². The number of anilines is 1. The second kappa shape index (κ2) is 9.19. The lowest BCUT2D eigenvalue weighted by atomic mass is 10.3. The van der Waals surface area contributed by atoms with Gasteiger partial charge in [0.1, 0.15) is 18.1 Å². The topological polar surface area (TPSA) is 63.2 Å². The van der Waals surface area contributed by atoms with Crippen LogP contribution < -0.4 is 10.6 Å². The van der Waals surface area contributed by atoms with Crippen LogP contribution in [0.3, 0.4) is 0 Å². The monoisotopic (exact) mass is 287 g/mol. The number of aromatic nitrogens is 1. The number of pyridine rings is 1. The van der Waals surface area contributed by atoms with E-state index in [1.165, 1.54) is 0 Å². The number of nitrogens with zero attached hydrogens (tertiary/aromatic N) is 1. The lowest BCUT2D eigenvalue weighted by molar-refractivity contribution is 0.0188. The van der Waals surface area contributed by atoms with Crippen LogP contribution >= 0.6 is 0 Å². The largest absolute Gasteiger partial charge is 0.374 e. The Kier molecular flexibility index (Phi) is 7.49. The van der Waals surface area contributed by atoms with Crippen LogP contribution in [0.4, 0.5) is 14.6 Å². The first-order chi connectivity index (χ1) is 9.63. The molecule has 1 aromatic heterocycles. The number of halogens is 2. The number of hydrogen-bond acceptors (Lipinski definition) is 4. The molecular formula is C13H19F2N3O2. The molecule has 0 unspecified atom stereocenters. The maximum Gasteiger partial charge on any atom is 0.270 e. The van der Waals surface area contributed by atoms with Crippen LogP contribution in [-0.4, -0.2) is 43.6 Å². The predicted molar refractivity (Wildman–Crippen MR) is 72.2 cm³/mol. The molecule has 0 aromatic carbocycles. The summed E-state index contributed by atoms with van der Waals surface area (Å²) < 4.78 is 28.3. The van der Waals surface area contributed by atoms with Crippen LogP contribution in [0.2, 0.25) is 0 Å². The molecular weight excluding hydrogens is 268 g/mol. The molecule has 0 atom stereocenters. The zero-order valence-corrected chi connectivity index (χ0v) is 11.4. The molecule has 0 aliphatic rings. The highest BCUT2D eigenvalue weighted by Gasteiger charge is 2.07. The molecule has 1 amide bonds. The van der Waals surface area contributed by atoms with Crippen molar-refractivity contribution in [1.29, 1.82) is 0 Å². The summed E-state index contributed by atoms with van der Waals surface area (Å²) >= 11 is 0. The van der Waals surface area contributed by atoms with Gasteiger partial charge in [-0.2, -0.15) is 0 Å². The SMILES string of the molecule is CCCNc1cccc(C(=O)NCCOCC(F)F)n1. The molecule has 1 aromatic rings. The van der Waals surface area contributed by atoms with Crippen molar-refractivity contribution in [2.75, 3.05) is 31.6 Å². The minimum atomic E-state index is -2.49. The van der Waals surface area contributed by atoms with Gasteiger partial charge in [0, 0.05) is 13.1 Å². The first-order valence-electron chi connectivity index (χ1n) is 6.48. The van der Waals surface area contributed by atoms with E-state index < -0.39 is 13.0 Å². The fraction of sp³-hybridized carbons (Fsp3) is 0.538. The van der Waals surface area contributed by atoms with E-state index in [1.54, 1.807) is 18.2 Å². The van der Waals surface area contributed by atoms with Crippen molar-refractivity contribution in [3.05, 3.63) is 23.9 Å². The van der Waals surface area contributed by atoms with Gasteiger partial charge in [0.05, 0.1) is 6.61 Å². The fourth-order valence-electron chi connectivity index (χ4n) is 1.41. The number of rotatable bonds is 9. The van der Waals surface area contributed by atoms with Gasteiger partial charge >= 0.3 is 0 Å². The molecule has 0 aliphatic heterocycles. The average Bonchev–Trinajstić information content (AvgIpc) is 2.44. The van der Waals surface area contributed by atoms with E-state index in [0.29, 0.717) is 5.82 Å². The summed E-state index contributed by atoms with van der Waals surface area (Å²) in [7, 11) is 0. The van der Waals surface area contributed by atoms with Crippen molar-refractivity contribution < 1.29 is 18.3 Å². The molecule has 0 saturated heterocycles. The second-order valence-electron chi connectivity index (χ2n) is 4.06. The van der Waals surface area contributed by atoms with Crippen LogP contribution in [0.5, 0.6) is 0 Å². The van der Waals surface area contributed by atoms with Gasteiger partial charge in [0.15, 0.2) is 0 Å². The Morgan fingerprint density at radius 2 is 2.20 bits per heavy atom. The quantitative estimate of drug-likeness (QED) is 0.681. The van der Waals surface area contributed by atoms with Gasteiger partial charge in [-0.3, -0.25) is 4.79 Å². The highest BCUT2D eigenvalue weighted by Crippen LogP contribution is 2.04. The zero-order chi connectivity index (χ0) is 14.8. The van der Waals surface area contributed by atoms with E-state index in [2.05, 4.69) is 20.4 Å². The van der Waals surface area contributed by atoms with Crippen molar-refractivity contribution >= 4 is 11.7 Å². The maximum atomic E-state index is 11.8. The molecule has 1 rings (SSSR count). The number of alkyl halides is 2. The molecule has 0 radical (unpaired) electrons. The van der Waals surface area contributed by atoms with Gasteiger partial charge in [-0.05, 0) is 18.6 Å². The number of carbonyl (C=O) groups excluding carboxylic acids is 1. The maximum absolute atomic E-state index is 11.8. The number of amides is 1. The van der Waals surface area contributed by atoms with Gasteiger partial charge in [-0.1, -0.05) is 13.0 Å². The summed E-state index contributed by atoms with van der Waals surface area (Å²) in [6.45, 7) is 2.40. The van der Waals surface area contributed by atoms with E-state index in [4.69, 9.17) is 0 Å². The minimum absolute atomic E-state index is 0.0455. The molecule has 112 valence electrons. The Morgan fingerprint density at radius 3 is 2.90 bits per heavy atom. The standard InChI is InChI=1S/C13H19F2N3O2/c1-2-6-16-12-5-3-4-10(18-12)13(19)17-7-8-20-9-11(14)15/h3-5,11H,2,6-9H2,1H3,(H,16,18)(H,17,19). The Labute approximate surface area is 116 Å². The summed E-state index contributed by atoms with van der Waals surface area (Å²) in [6.07, 6.45) is -1.53. The van der Waals surface area contributed by atoms with Crippen LogP contribution in [0.15, 0.2) is 18.2 Å². The normalized spacial score (nSPS) is 10.6. The summed E-state index contributed by atoms with van der Waals surface area (Å²) in [5.74, 6) is 0.277. The van der Waals surface area contributed by atoms with Crippen LogP contribution in [0.25, 0.3) is 0 Å². The Morgan fingerprint density at radius 1 is 1.40 bits per heavy atom. The summed E-state index contributed by atoms with van der Waals surface area (Å²) in [5.41, 5.74) is 0.278. The van der Waals surface area contributed by atoms with Gasteiger partial charge in [-0.15, -0.1) is 0 Å². The first-order valence-corrected chi connectivity index (χ1v) is 6.48. The molecule has 0 fully saturated rings. The van der Waals surface area contributed by atoms with Gasteiger partial charge < -0.3 is 15.4 Å². The number of carbonyl (C=O) groups is 1. The predicted octanol–water partition coefficient (Wildman–Crippen LogP) is 1.91. The number of hydrogen-bond donors (Lipinski definition) is 2.